The molecular weight excluding hydrogens is 497 g/mol. The lowest BCUT2D eigenvalue weighted by Crippen LogP contribution is -2.30. The number of aromatic nitrogens is 1. The number of nitrogens with zero attached hydrogens (tertiary/aromatic N) is 1. The Kier molecular flexibility index (Phi) is 7.56. The third kappa shape index (κ3) is 5.63. The van der Waals surface area contributed by atoms with Crippen molar-refractivity contribution in [1.82, 2.24) is 9.88 Å². The molecule has 1 fully saturated rings. The first-order chi connectivity index (χ1) is 18.4. The maximum absolute atomic E-state index is 13.9. The van der Waals surface area contributed by atoms with Gasteiger partial charge in [0.1, 0.15) is 18.2 Å². The van der Waals surface area contributed by atoms with Crippen molar-refractivity contribution in [3.8, 4) is 11.4 Å². The van der Waals surface area contributed by atoms with Gasteiger partial charge in [-0.15, -0.1) is 0 Å². The predicted molar refractivity (Wildman–Crippen MR) is 153 cm³/mol. The molecule has 194 valence electrons. The van der Waals surface area contributed by atoms with E-state index in [0.717, 1.165) is 34.7 Å². The quantitative estimate of drug-likeness (QED) is 0.243. The van der Waals surface area contributed by atoms with E-state index >= 15 is 0 Å². The number of hydrogen-bond acceptors (Lipinski definition) is 4. The lowest BCUT2D eigenvalue weighted by molar-refractivity contribution is -0.116. The first-order valence-corrected chi connectivity index (χ1v) is 13.5. The summed E-state index contributed by atoms with van der Waals surface area (Å²) < 4.78 is 21.8. The molecule has 1 amide bonds. The lowest BCUT2D eigenvalue weighted by atomic mass is 10.1. The summed E-state index contributed by atoms with van der Waals surface area (Å²) in [6, 6.07) is 24.7. The number of hydrogen-bond donors (Lipinski definition) is 2. The van der Waals surface area contributed by atoms with Crippen LogP contribution in [-0.4, -0.2) is 16.0 Å². The van der Waals surface area contributed by atoms with Gasteiger partial charge < -0.3 is 19.9 Å². The second-order valence-corrected chi connectivity index (χ2v) is 10.4. The van der Waals surface area contributed by atoms with Gasteiger partial charge in [-0.05, 0) is 86.0 Å². The molecule has 7 heteroatoms. The van der Waals surface area contributed by atoms with Gasteiger partial charge in [0, 0.05) is 28.3 Å². The van der Waals surface area contributed by atoms with Crippen LogP contribution in [0.15, 0.2) is 83.8 Å². The van der Waals surface area contributed by atoms with Crippen molar-refractivity contribution < 1.29 is 13.9 Å². The van der Waals surface area contributed by atoms with Crippen LogP contribution in [-0.2, 0) is 17.8 Å². The zero-order valence-corrected chi connectivity index (χ0v) is 22.4. The van der Waals surface area contributed by atoms with Gasteiger partial charge in [0.05, 0.1) is 4.91 Å². The van der Waals surface area contributed by atoms with E-state index in [-0.39, 0.29) is 23.8 Å². The molecule has 1 aromatic heterocycles. The van der Waals surface area contributed by atoms with Crippen LogP contribution in [0.2, 0.25) is 0 Å². The highest BCUT2D eigenvalue weighted by Gasteiger charge is 2.27. The molecule has 38 heavy (non-hydrogen) atoms. The van der Waals surface area contributed by atoms with Crippen molar-refractivity contribution in [2.24, 2.45) is 0 Å². The summed E-state index contributed by atoms with van der Waals surface area (Å²) in [5, 5.41) is 6.38. The Balaban J connectivity index is 1.28. The van der Waals surface area contributed by atoms with E-state index in [0.29, 0.717) is 16.2 Å². The summed E-state index contributed by atoms with van der Waals surface area (Å²) in [5.74, 6) is 0.314. The second kappa shape index (κ2) is 11.2. The monoisotopic (exact) mass is 527 g/mol. The molecule has 0 saturated carbocycles. The first kappa shape index (κ1) is 25.7. The van der Waals surface area contributed by atoms with Gasteiger partial charge in [-0.25, -0.2) is 4.39 Å². The third-order valence-electron chi connectivity index (χ3n) is 6.59. The molecule has 1 aliphatic heterocycles. The van der Waals surface area contributed by atoms with E-state index in [1.807, 2.05) is 56.3 Å². The Morgan fingerprint density at radius 2 is 1.79 bits per heavy atom. The van der Waals surface area contributed by atoms with E-state index in [1.54, 1.807) is 18.2 Å². The highest BCUT2D eigenvalue weighted by molar-refractivity contribution is 8.05. The minimum Gasteiger partial charge on any atom is -0.489 e. The summed E-state index contributed by atoms with van der Waals surface area (Å²) in [4.78, 5) is 13.4. The fourth-order valence-electron chi connectivity index (χ4n) is 4.49. The molecule has 0 radical (unpaired) electrons. The van der Waals surface area contributed by atoms with Crippen molar-refractivity contribution >= 4 is 29.4 Å². The van der Waals surface area contributed by atoms with Gasteiger partial charge in [-0.1, -0.05) is 49.0 Å². The van der Waals surface area contributed by atoms with E-state index in [1.165, 1.54) is 23.4 Å². The summed E-state index contributed by atoms with van der Waals surface area (Å²) in [5.41, 5.74) is 6.63. The molecular formula is C31H30FN3O2S. The fourth-order valence-corrected chi connectivity index (χ4v) is 5.47. The van der Waals surface area contributed by atoms with Crippen molar-refractivity contribution in [3.63, 3.8) is 0 Å². The number of halogens is 1. The predicted octanol–water partition coefficient (Wildman–Crippen LogP) is 6.97. The van der Waals surface area contributed by atoms with Crippen molar-refractivity contribution in [1.29, 1.82) is 0 Å². The highest BCUT2D eigenvalue weighted by atomic mass is 32.2. The first-order valence-electron chi connectivity index (χ1n) is 12.6. The van der Waals surface area contributed by atoms with Crippen molar-refractivity contribution in [2.75, 3.05) is 5.32 Å². The smallest absolute Gasteiger partial charge is 0.260 e. The molecule has 1 saturated heterocycles. The molecule has 1 aliphatic rings. The maximum Gasteiger partial charge on any atom is 0.260 e. The molecule has 0 bridgehead atoms. The standard InChI is InChI=1S/C31H30FN3O2S/c1-4-22-9-11-25(12-10-22)33-31-34-30(36)29(38-31)18-24-17-20(2)35(21(24)3)26-13-15-27(16-14-26)37-19-23-7-5-6-8-28(23)32/h5-18,31,33H,4,19H2,1-3H3,(H,34,36)/b29-18-/t31-/m0/s1. The van der Waals surface area contributed by atoms with Crippen molar-refractivity contribution in [3.05, 3.63) is 118 Å². The number of nitrogens with one attached hydrogen (secondary N) is 2. The average Bonchev–Trinajstić information content (AvgIpc) is 3.41. The highest BCUT2D eigenvalue weighted by Crippen LogP contribution is 2.32. The largest absolute Gasteiger partial charge is 0.489 e. The zero-order chi connectivity index (χ0) is 26.6. The number of carbonyl (C=O) groups excluding carboxylic acids is 1. The average molecular weight is 528 g/mol. The second-order valence-electron chi connectivity index (χ2n) is 9.21. The minimum atomic E-state index is -0.272. The van der Waals surface area contributed by atoms with Crippen LogP contribution in [0, 0.1) is 19.7 Å². The summed E-state index contributed by atoms with van der Waals surface area (Å²) in [6.45, 7) is 6.39. The van der Waals surface area contributed by atoms with E-state index < -0.39 is 0 Å². The van der Waals surface area contributed by atoms with Gasteiger partial charge in [0.15, 0.2) is 5.50 Å². The number of rotatable bonds is 8. The fraction of sp³-hybridized carbons (Fsp3) is 0.194. The summed E-state index contributed by atoms with van der Waals surface area (Å²) >= 11 is 1.48. The maximum atomic E-state index is 13.9. The third-order valence-corrected chi connectivity index (χ3v) is 7.62. The van der Waals surface area contributed by atoms with Gasteiger partial charge >= 0.3 is 0 Å². The van der Waals surface area contributed by atoms with Crippen LogP contribution in [0.25, 0.3) is 11.8 Å². The molecule has 2 heterocycles. The van der Waals surface area contributed by atoms with Crippen molar-refractivity contribution in [2.45, 2.75) is 39.3 Å². The van der Waals surface area contributed by atoms with Gasteiger partial charge in [-0.2, -0.15) is 0 Å². The molecule has 5 nitrogen and oxygen atoms in total. The normalized spacial score (nSPS) is 16.1. The van der Waals surface area contributed by atoms with Crippen LogP contribution in [0.4, 0.5) is 10.1 Å². The summed E-state index contributed by atoms with van der Waals surface area (Å²) in [7, 11) is 0. The Morgan fingerprint density at radius 3 is 2.50 bits per heavy atom. The molecule has 1 atom stereocenters. The number of anilines is 1. The molecule has 0 aliphatic carbocycles. The molecule has 2 N–H and O–H groups in total. The Morgan fingerprint density at radius 1 is 1.05 bits per heavy atom. The van der Waals surface area contributed by atoms with Crippen LogP contribution < -0.4 is 15.4 Å². The number of ether oxygens (including phenoxy) is 1. The van der Waals surface area contributed by atoms with Crippen LogP contribution in [0.1, 0.15) is 35.0 Å². The number of benzene rings is 3. The molecule has 4 aromatic rings. The van der Waals surface area contributed by atoms with Gasteiger partial charge in [0.25, 0.3) is 5.91 Å². The number of thioether (sulfide) groups is 1. The molecule has 5 rings (SSSR count). The number of aryl methyl sites for hydroxylation is 2. The zero-order valence-electron chi connectivity index (χ0n) is 21.6. The van der Waals surface area contributed by atoms with Gasteiger partial charge in [-0.3, -0.25) is 4.79 Å². The molecule has 0 unspecified atom stereocenters. The number of amides is 1. The molecule has 0 spiro atoms. The Labute approximate surface area is 226 Å². The molecule has 3 aromatic carbocycles. The Bertz CT molecular complexity index is 1480. The van der Waals surface area contributed by atoms with Crippen LogP contribution in [0.5, 0.6) is 5.75 Å². The Hall–Kier alpha value is -3.97. The van der Waals surface area contributed by atoms with E-state index in [9.17, 15) is 9.18 Å². The van der Waals surface area contributed by atoms with Crippen LogP contribution in [0.3, 0.4) is 0 Å². The summed E-state index contributed by atoms with van der Waals surface area (Å²) in [6.07, 6.45) is 2.94. The van der Waals surface area contributed by atoms with Gasteiger partial charge in [0.2, 0.25) is 0 Å². The number of carbonyl (C=O) groups is 1. The van der Waals surface area contributed by atoms with Crippen LogP contribution >= 0.6 is 11.8 Å². The van der Waals surface area contributed by atoms with E-state index in [2.05, 4.69) is 40.3 Å². The SMILES string of the molecule is CCc1ccc(N[C@H]2NC(=O)/C(=C/c3cc(C)n(-c4ccc(OCc5ccccc5F)cc4)c3C)S2)cc1. The van der Waals surface area contributed by atoms with E-state index in [4.69, 9.17) is 4.74 Å². The minimum absolute atomic E-state index is 0.0844. The topological polar surface area (TPSA) is 55.3 Å². The lowest BCUT2D eigenvalue weighted by Gasteiger charge is -2.13.